The van der Waals surface area contributed by atoms with Crippen LogP contribution in [-0.4, -0.2) is 21.9 Å². The number of aliphatic imine (C=N–C) groups is 2. The van der Waals surface area contributed by atoms with E-state index in [1.54, 1.807) is 6.20 Å². The van der Waals surface area contributed by atoms with Crippen LogP contribution in [0.15, 0.2) is 58.4 Å². The lowest BCUT2D eigenvalue weighted by Crippen LogP contribution is -2.37. The van der Waals surface area contributed by atoms with Gasteiger partial charge in [-0.3, -0.25) is 4.99 Å². The average Bonchev–Trinajstić information content (AvgIpc) is 2.75. The van der Waals surface area contributed by atoms with Crippen LogP contribution >= 0.6 is 11.6 Å². The molecule has 2 unspecified atom stereocenters. The van der Waals surface area contributed by atoms with Crippen molar-refractivity contribution in [2.24, 2.45) is 15.9 Å². The van der Waals surface area contributed by atoms with Crippen LogP contribution in [0.2, 0.25) is 0 Å². The molecule has 0 N–H and O–H groups in total. The van der Waals surface area contributed by atoms with E-state index >= 15 is 0 Å². The van der Waals surface area contributed by atoms with Gasteiger partial charge in [-0.25, -0.2) is 4.99 Å². The average molecular weight is 326 g/mol. The Morgan fingerprint density at radius 1 is 1.22 bits per heavy atom. The number of hydrogen-bond donors (Lipinski definition) is 0. The van der Waals surface area contributed by atoms with E-state index in [-0.39, 0.29) is 6.04 Å². The second-order valence-electron chi connectivity index (χ2n) is 6.46. The maximum absolute atomic E-state index is 6.33. The Hall–Kier alpha value is -1.87. The minimum atomic E-state index is 0.276. The van der Waals surface area contributed by atoms with Crippen molar-refractivity contribution in [3.63, 3.8) is 0 Å². The molecule has 1 aliphatic carbocycles. The highest BCUT2D eigenvalue weighted by Crippen LogP contribution is 2.31. The number of fused-ring (bicyclic) bond motifs is 2. The molecule has 0 saturated carbocycles. The highest BCUT2D eigenvalue weighted by molar-refractivity contribution is 6.69. The molecular formula is C19H20ClN3. The Morgan fingerprint density at radius 2 is 2.04 bits per heavy atom. The molecule has 0 fully saturated rings. The topological polar surface area (TPSA) is 28.0 Å². The molecule has 0 radical (unpaired) electrons. The molecule has 118 valence electrons. The van der Waals surface area contributed by atoms with E-state index < -0.39 is 0 Å². The Labute approximate surface area is 142 Å². The molecule has 3 nitrogen and oxygen atoms in total. The highest BCUT2D eigenvalue weighted by Gasteiger charge is 2.31. The van der Waals surface area contributed by atoms with Crippen molar-refractivity contribution in [3.8, 4) is 0 Å². The summed E-state index contributed by atoms with van der Waals surface area (Å²) in [7, 11) is 0. The molecule has 4 heteroatoms. The molecule has 2 heterocycles. The van der Waals surface area contributed by atoms with Crippen molar-refractivity contribution in [2.75, 3.05) is 0 Å². The standard InChI is InChI=1S/C19H20ClN3/c1-13-6-9-17-18(20)21-10-11-23(17)19(22-13)16-8-7-14-4-2-3-5-15(14)12-16/h2-5,9-11,13,16H,6-8,12H2,1H3. The van der Waals surface area contributed by atoms with Gasteiger partial charge in [0.2, 0.25) is 0 Å². The number of amidine groups is 1. The Bertz CT molecular complexity index is 745. The summed E-state index contributed by atoms with van der Waals surface area (Å²) >= 11 is 6.33. The molecule has 0 saturated heterocycles. The summed E-state index contributed by atoms with van der Waals surface area (Å²) < 4.78 is 0. The quantitative estimate of drug-likeness (QED) is 0.757. The summed E-state index contributed by atoms with van der Waals surface area (Å²) in [5.41, 5.74) is 3.92. The normalized spacial score (nSPS) is 26.5. The van der Waals surface area contributed by atoms with E-state index in [0.717, 1.165) is 37.2 Å². The van der Waals surface area contributed by atoms with Gasteiger partial charge in [0.25, 0.3) is 0 Å². The summed E-state index contributed by atoms with van der Waals surface area (Å²) in [5, 5.41) is 0.561. The number of allylic oxidation sites excluding steroid dienone is 1. The van der Waals surface area contributed by atoms with Crippen LogP contribution in [0.1, 0.15) is 30.9 Å². The summed E-state index contributed by atoms with van der Waals surface area (Å²) in [6.45, 7) is 2.17. The first-order chi connectivity index (χ1) is 11.2. The van der Waals surface area contributed by atoms with Gasteiger partial charge in [0.1, 0.15) is 5.84 Å². The number of nitrogens with zero attached hydrogens (tertiary/aromatic N) is 3. The number of benzene rings is 1. The van der Waals surface area contributed by atoms with E-state index in [4.69, 9.17) is 16.6 Å². The number of hydrogen-bond acceptors (Lipinski definition) is 3. The van der Waals surface area contributed by atoms with Gasteiger partial charge in [-0.05, 0) is 43.7 Å². The molecular weight excluding hydrogens is 306 g/mol. The maximum atomic E-state index is 6.33. The van der Waals surface area contributed by atoms with Crippen LogP contribution in [0.5, 0.6) is 0 Å². The Balaban J connectivity index is 1.69. The van der Waals surface area contributed by atoms with Crippen molar-refractivity contribution in [2.45, 2.75) is 38.6 Å². The Kier molecular flexibility index (Phi) is 3.82. The lowest BCUT2D eigenvalue weighted by molar-refractivity contribution is 0.525. The molecule has 23 heavy (non-hydrogen) atoms. The third kappa shape index (κ3) is 2.74. The van der Waals surface area contributed by atoms with Gasteiger partial charge in [0.05, 0.1) is 11.7 Å². The summed E-state index contributed by atoms with van der Waals surface area (Å²) in [4.78, 5) is 11.4. The first-order valence-corrected chi connectivity index (χ1v) is 8.64. The van der Waals surface area contributed by atoms with Gasteiger partial charge in [0.15, 0.2) is 5.17 Å². The first-order valence-electron chi connectivity index (χ1n) is 8.26. The van der Waals surface area contributed by atoms with Gasteiger partial charge in [0, 0.05) is 18.3 Å². The zero-order valence-electron chi connectivity index (χ0n) is 13.2. The maximum Gasteiger partial charge on any atom is 0.152 e. The molecule has 2 atom stereocenters. The fourth-order valence-electron chi connectivity index (χ4n) is 3.64. The monoisotopic (exact) mass is 325 g/mol. The van der Waals surface area contributed by atoms with E-state index in [9.17, 15) is 0 Å². The largest absolute Gasteiger partial charge is 0.301 e. The van der Waals surface area contributed by atoms with E-state index in [1.165, 1.54) is 11.1 Å². The van der Waals surface area contributed by atoms with Crippen LogP contribution in [-0.2, 0) is 12.8 Å². The second kappa shape index (κ2) is 5.97. The third-order valence-electron chi connectivity index (χ3n) is 4.84. The molecule has 1 aromatic rings. The Morgan fingerprint density at radius 3 is 2.91 bits per heavy atom. The van der Waals surface area contributed by atoms with Gasteiger partial charge < -0.3 is 4.90 Å². The van der Waals surface area contributed by atoms with Crippen LogP contribution < -0.4 is 0 Å². The summed E-state index contributed by atoms with van der Waals surface area (Å²) in [5.74, 6) is 1.57. The van der Waals surface area contributed by atoms with Crippen molar-refractivity contribution in [3.05, 3.63) is 59.6 Å². The van der Waals surface area contributed by atoms with Gasteiger partial charge in [-0.15, -0.1) is 0 Å². The van der Waals surface area contributed by atoms with Crippen LogP contribution in [0.4, 0.5) is 0 Å². The second-order valence-corrected chi connectivity index (χ2v) is 6.82. The van der Waals surface area contributed by atoms with Crippen LogP contribution in [0.3, 0.4) is 0 Å². The van der Waals surface area contributed by atoms with Crippen molar-refractivity contribution in [1.29, 1.82) is 0 Å². The lowest BCUT2D eigenvalue weighted by atomic mass is 9.83. The lowest BCUT2D eigenvalue weighted by Gasteiger charge is -2.33. The van der Waals surface area contributed by atoms with Crippen LogP contribution in [0, 0.1) is 5.92 Å². The number of rotatable bonds is 1. The van der Waals surface area contributed by atoms with Gasteiger partial charge >= 0.3 is 0 Å². The smallest absolute Gasteiger partial charge is 0.152 e. The van der Waals surface area contributed by atoms with Gasteiger partial charge in [-0.1, -0.05) is 41.9 Å². The fourth-order valence-corrected chi connectivity index (χ4v) is 3.86. The first kappa shape index (κ1) is 14.7. The zero-order chi connectivity index (χ0) is 15.8. The van der Waals surface area contributed by atoms with Crippen molar-refractivity contribution < 1.29 is 0 Å². The predicted molar refractivity (Wildman–Crippen MR) is 95.8 cm³/mol. The molecule has 2 aliphatic heterocycles. The molecule has 3 aliphatic rings. The molecule has 0 aromatic heterocycles. The molecule has 0 bridgehead atoms. The van der Waals surface area contributed by atoms with Crippen molar-refractivity contribution >= 4 is 22.6 Å². The van der Waals surface area contributed by atoms with Crippen LogP contribution in [0.25, 0.3) is 0 Å². The predicted octanol–water partition coefficient (Wildman–Crippen LogP) is 4.29. The minimum Gasteiger partial charge on any atom is -0.301 e. The third-order valence-corrected chi connectivity index (χ3v) is 5.13. The minimum absolute atomic E-state index is 0.276. The molecule has 4 rings (SSSR count). The number of aryl methyl sites for hydroxylation is 1. The molecule has 0 spiro atoms. The molecule has 1 aromatic carbocycles. The zero-order valence-corrected chi connectivity index (χ0v) is 14.0. The van der Waals surface area contributed by atoms with Crippen molar-refractivity contribution in [1.82, 2.24) is 4.90 Å². The summed E-state index contributed by atoms with van der Waals surface area (Å²) in [6.07, 6.45) is 10.1. The fraction of sp³-hybridized carbons (Fsp3) is 0.368. The SMILES string of the molecule is CC1CC=C2C(Cl)=NC=CN2C(C2CCc3ccccc3C2)=N1. The number of halogens is 1. The van der Waals surface area contributed by atoms with E-state index in [2.05, 4.69) is 47.2 Å². The van der Waals surface area contributed by atoms with E-state index in [1.807, 2.05) is 6.20 Å². The molecule has 0 amide bonds. The van der Waals surface area contributed by atoms with E-state index in [0.29, 0.717) is 11.1 Å². The highest BCUT2D eigenvalue weighted by atomic mass is 35.5. The van der Waals surface area contributed by atoms with Gasteiger partial charge in [-0.2, -0.15) is 0 Å². The summed E-state index contributed by atoms with van der Waals surface area (Å²) in [6, 6.07) is 9.04.